The van der Waals surface area contributed by atoms with Crippen LogP contribution in [-0.4, -0.2) is 28.5 Å². The molecule has 0 bridgehead atoms. The standard InChI is InChI=1S/C8H13N3O2/c1-6(5-12)3-9-7-2-8(13)11-10-4-7/h2,4,6,12H,3,5H2,1H3,(H2,9,11,13). The molecule has 0 spiro atoms. The number of nitrogens with zero attached hydrogens (tertiary/aromatic N) is 1. The minimum atomic E-state index is -0.235. The van der Waals surface area contributed by atoms with E-state index in [1.54, 1.807) is 0 Å². The molecule has 13 heavy (non-hydrogen) atoms. The van der Waals surface area contributed by atoms with Crippen LogP contribution in [0, 0.1) is 5.92 Å². The summed E-state index contributed by atoms with van der Waals surface area (Å²) < 4.78 is 0. The predicted molar refractivity (Wildman–Crippen MR) is 49.6 cm³/mol. The maximum Gasteiger partial charge on any atom is 0.266 e. The SMILES string of the molecule is CC(CO)CNc1cn[nH]c(=O)c1. The molecule has 0 aliphatic rings. The molecule has 1 aromatic heterocycles. The van der Waals surface area contributed by atoms with Gasteiger partial charge in [0.15, 0.2) is 0 Å². The third-order valence-electron chi connectivity index (χ3n) is 1.63. The Morgan fingerprint density at radius 2 is 2.54 bits per heavy atom. The Morgan fingerprint density at radius 3 is 3.15 bits per heavy atom. The highest BCUT2D eigenvalue weighted by molar-refractivity contribution is 5.38. The lowest BCUT2D eigenvalue weighted by molar-refractivity contribution is 0.244. The van der Waals surface area contributed by atoms with Gasteiger partial charge in [0.25, 0.3) is 5.56 Å². The summed E-state index contributed by atoms with van der Waals surface area (Å²) in [6.45, 7) is 2.67. The number of aliphatic hydroxyl groups is 1. The minimum Gasteiger partial charge on any atom is -0.396 e. The van der Waals surface area contributed by atoms with Crippen LogP contribution in [0.3, 0.4) is 0 Å². The van der Waals surface area contributed by atoms with Gasteiger partial charge in [-0.05, 0) is 5.92 Å². The van der Waals surface area contributed by atoms with E-state index in [1.807, 2.05) is 6.92 Å². The van der Waals surface area contributed by atoms with E-state index >= 15 is 0 Å². The Bertz CT molecular complexity index is 310. The maximum absolute atomic E-state index is 10.8. The van der Waals surface area contributed by atoms with Crippen LogP contribution in [0.5, 0.6) is 0 Å². The minimum absolute atomic E-state index is 0.129. The lowest BCUT2D eigenvalue weighted by Crippen LogP contribution is -2.16. The van der Waals surface area contributed by atoms with Crippen molar-refractivity contribution in [3.05, 3.63) is 22.6 Å². The lowest BCUT2D eigenvalue weighted by Gasteiger charge is -2.09. The fraction of sp³-hybridized carbons (Fsp3) is 0.500. The predicted octanol–water partition coefficient (Wildman–Crippen LogP) is -0.190. The molecule has 0 amide bonds. The smallest absolute Gasteiger partial charge is 0.266 e. The number of aromatic amines is 1. The summed E-state index contributed by atoms with van der Waals surface area (Å²) in [5.41, 5.74) is 0.436. The summed E-state index contributed by atoms with van der Waals surface area (Å²) in [7, 11) is 0. The van der Waals surface area contributed by atoms with Gasteiger partial charge in [-0.2, -0.15) is 5.10 Å². The zero-order chi connectivity index (χ0) is 9.68. The summed E-state index contributed by atoms with van der Waals surface area (Å²) in [6.07, 6.45) is 1.53. The first kappa shape index (κ1) is 9.73. The number of anilines is 1. The second-order valence-corrected chi connectivity index (χ2v) is 3.00. The van der Waals surface area contributed by atoms with Crippen molar-refractivity contribution in [3.63, 3.8) is 0 Å². The van der Waals surface area contributed by atoms with Crippen LogP contribution in [-0.2, 0) is 0 Å². The zero-order valence-electron chi connectivity index (χ0n) is 7.45. The molecule has 1 heterocycles. The first-order chi connectivity index (χ1) is 6.22. The van der Waals surface area contributed by atoms with E-state index in [1.165, 1.54) is 12.3 Å². The number of aliphatic hydroxyl groups excluding tert-OH is 1. The fourth-order valence-corrected chi connectivity index (χ4v) is 0.830. The number of rotatable bonds is 4. The van der Waals surface area contributed by atoms with Crippen molar-refractivity contribution < 1.29 is 5.11 Å². The van der Waals surface area contributed by atoms with Crippen LogP contribution in [0.1, 0.15) is 6.92 Å². The molecule has 0 radical (unpaired) electrons. The van der Waals surface area contributed by atoms with E-state index in [0.29, 0.717) is 12.2 Å². The number of hydrogen-bond donors (Lipinski definition) is 3. The van der Waals surface area contributed by atoms with Gasteiger partial charge in [-0.1, -0.05) is 6.92 Å². The van der Waals surface area contributed by atoms with Crippen molar-refractivity contribution in [3.8, 4) is 0 Å². The van der Waals surface area contributed by atoms with E-state index in [4.69, 9.17) is 5.11 Å². The number of aromatic nitrogens is 2. The average molecular weight is 183 g/mol. The molecule has 5 nitrogen and oxygen atoms in total. The molecule has 1 aromatic rings. The molecule has 0 aliphatic heterocycles. The van der Waals surface area contributed by atoms with Crippen molar-refractivity contribution in [2.75, 3.05) is 18.5 Å². The zero-order valence-corrected chi connectivity index (χ0v) is 7.45. The van der Waals surface area contributed by atoms with E-state index in [0.717, 1.165) is 0 Å². The molecule has 72 valence electrons. The summed E-state index contributed by atoms with van der Waals surface area (Å²) in [4.78, 5) is 10.8. The van der Waals surface area contributed by atoms with Crippen molar-refractivity contribution in [1.82, 2.24) is 10.2 Å². The second kappa shape index (κ2) is 4.61. The van der Waals surface area contributed by atoms with Crippen molar-refractivity contribution in [2.45, 2.75) is 6.92 Å². The normalized spacial score (nSPS) is 12.5. The highest BCUT2D eigenvalue weighted by Gasteiger charge is 1.99. The quantitative estimate of drug-likeness (QED) is 0.604. The van der Waals surface area contributed by atoms with E-state index in [9.17, 15) is 4.79 Å². The molecule has 1 unspecified atom stereocenters. The molecule has 1 rings (SSSR count). The van der Waals surface area contributed by atoms with Crippen molar-refractivity contribution in [2.24, 2.45) is 5.92 Å². The van der Waals surface area contributed by atoms with Gasteiger partial charge in [-0.3, -0.25) is 4.79 Å². The number of hydrogen-bond acceptors (Lipinski definition) is 4. The summed E-state index contributed by atoms with van der Waals surface area (Å²) >= 11 is 0. The molecule has 0 aromatic carbocycles. The summed E-state index contributed by atoms with van der Waals surface area (Å²) in [5, 5.41) is 17.6. The van der Waals surface area contributed by atoms with E-state index in [2.05, 4.69) is 15.5 Å². The lowest BCUT2D eigenvalue weighted by atomic mass is 10.2. The highest BCUT2D eigenvalue weighted by atomic mass is 16.3. The average Bonchev–Trinajstić information content (AvgIpc) is 2.14. The van der Waals surface area contributed by atoms with Gasteiger partial charge in [0, 0.05) is 19.2 Å². The van der Waals surface area contributed by atoms with Gasteiger partial charge in [0.1, 0.15) is 0 Å². The van der Waals surface area contributed by atoms with Crippen LogP contribution in [0.15, 0.2) is 17.1 Å². The molecule has 0 fully saturated rings. The molecule has 1 atom stereocenters. The topological polar surface area (TPSA) is 78.0 Å². The first-order valence-electron chi connectivity index (χ1n) is 4.12. The molecule has 0 aliphatic carbocycles. The third kappa shape index (κ3) is 3.25. The highest BCUT2D eigenvalue weighted by Crippen LogP contribution is 2.00. The van der Waals surface area contributed by atoms with Gasteiger partial charge in [-0.25, -0.2) is 5.10 Å². The second-order valence-electron chi connectivity index (χ2n) is 3.00. The Hall–Kier alpha value is -1.36. The summed E-state index contributed by atoms with van der Waals surface area (Å²) in [6, 6.07) is 1.43. The molecule has 0 saturated heterocycles. The molecular formula is C8H13N3O2. The monoisotopic (exact) mass is 183 g/mol. The van der Waals surface area contributed by atoms with Gasteiger partial charge in [0.05, 0.1) is 11.9 Å². The van der Waals surface area contributed by atoms with Crippen molar-refractivity contribution >= 4 is 5.69 Å². The van der Waals surface area contributed by atoms with E-state index in [-0.39, 0.29) is 18.1 Å². The number of H-pyrrole nitrogens is 1. The Balaban J connectivity index is 2.50. The Morgan fingerprint density at radius 1 is 1.77 bits per heavy atom. The van der Waals surface area contributed by atoms with Crippen LogP contribution in [0.25, 0.3) is 0 Å². The molecule has 5 heteroatoms. The molecule has 3 N–H and O–H groups in total. The molecule has 0 saturated carbocycles. The van der Waals surface area contributed by atoms with E-state index < -0.39 is 0 Å². The van der Waals surface area contributed by atoms with Crippen molar-refractivity contribution in [1.29, 1.82) is 0 Å². The third-order valence-corrected chi connectivity index (χ3v) is 1.63. The Labute approximate surface area is 75.8 Å². The van der Waals surface area contributed by atoms with Crippen LogP contribution in [0.4, 0.5) is 5.69 Å². The first-order valence-corrected chi connectivity index (χ1v) is 4.12. The summed E-state index contributed by atoms with van der Waals surface area (Å²) in [5.74, 6) is 0.166. The van der Waals surface area contributed by atoms with Crippen LogP contribution in [0.2, 0.25) is 0 Å². The van der Waals surface area contributed by atoms with Gasteiger partial charge in [-0.15, -0.1) is 0 Å². The Kier molecular flexibility index (Phi) is 3.45. The van der Waals surface area contributed by atoms with Gasteiger partial charge in [0.2, 0.25) is 0 Å². The van der Waals surface area contributed by atoms with Crippen LogP contribution >= 0.6 is 0 Å². The fourth-order valence-electron chi connectivity index (χ4n) is 0.830. The molecular weight excluding hydrogens is 170 g/mol. The largest absolute Gasteiger partial charge is 0.396 e. The van der Waals surface area contributed by atoms with Crippen LogP contribution < -0.4 is 10.9 Å². The number of nitrogens with one attached hydrogen (secondary N) is 2. The van der Waals surface area contributed by atoms with Gasteiger partial charge < -0.3 is 10.4 Å². The maximum atomic E-state index is 10.8. The van der Waals surface area contributed by atoms with Gasteiger partial charge >= 0.3 is 0 Å².